The lowest BCUT2D eigenvalue weighted by molar-refractivity contribution is -0.115. The number of anilines is 1. The number of furan rings is 1. The topological polar surface area (TPSA) is 54.3 Å². The summed E-state index contributed by atoms with van der Waals surface area (Å²) in [7, 11) is 0. The number of hydrogen-bond acceptors (Lipinski definition) is 3. The van der Waals surface area contributed by atoms with Crippen molar-refractivity contribution < 1.29 is 9.21 Å². The van der Waals surface area contributed by atoms with Gasteiger partial charge in [0.25, 0.3) is 0 Å². The van der Waals surface area contributed by atoms with Crippen molar-refractivity contribution in [2.45, 2.75) is 33.1 Å². The number of rotatable bonds is 7. The highest BCUT2D eigenvalue weighted by Crippen LogP contribution is 2.27. The molecule has 0 radical (unpaired) electrons. The zero-order valence-corrected chi connectivity index (χ0v) is 19.1. The minimum Gasteiger partial charge on any atom is -0.457 e. The van der Waals surface area contributed by atoms with E-state index in [0.717, 1.165) is 23.2 Å². The molecule has 0 aliphatic heterocycles. The molecule has 0 fully saturated rings. The third kappa shape index (κ3) is 6.81. The summed E-state index contributed by atoms with van der Waals surface area (Å²) in [5.41, 5.74) is 4.01. The van der Waals surface area contributed by atoms with E-state index in [1.54, 1.807) is 12.1 Å². The number of halogens is 1. The molecule has 2 aromatic carbocycles. The smallest absolute Gasteiger partial charge is 0.250 e. The Morgan fingerprint density at radius 2 is 1.90 bits per heavy atom. The number of carbonyl (C=O) groups excluding carboxylic acids is 1. The van der Waals surface area contributed by atoms with E-state index < -0.39 is 0 Å². The molecule has 0 aliphatic rings. The predicted octanol–water partition coefficient (Wildman–Crippen LogP) is 6.78. The summed E-state index contributed by atoms with van der Waals surface area (Å²) in [5, 5.41) is 6.58. The second-order valence-electron chi connectivity index (χ2n) is 7.24. The third-order valence-corrected chi connectivity index (χ3v) is 5.36. The molecule has 1 heterocycles. The second-order valence-corrected chi connectivity index (χ2v) is 8.06. The van der Waals surface area contributed by atoms with E-state index in [0.29, 0.717) is 16.5 Å². The number of benzene rings is 2. The minimum absolute atomic E-state index is 0.241. The zero-order valence-electron chi connectivity index (χ0n) is 17.6. The molecule has 31 heavy (non-hydrogen) atoms. The van der Waals surface area contributed by atoms with E-state index >= 15 is 0 Å². The molecule has 6 heteroatoms. The van der Waals surface area contributed by atoms with Crippen LogP contribution in [-0.2, 0) is 11.2 Å². The average molecular weight is 453 g/mol. The van der Waals surface area contributed by atoms with E-state index in [1.165, 1.54) is 24.5 Å². The molecule has 3 rings (SSSR count). The molecule has 0 bridgehead atoms. The lowest BCUT2D eigenvalue weighted by atomic mass is 10.1. The second kappa shape index (κ2) is 10.9. The van der Waals surface area contributed by atoms with Crippen LogP contribution in [-0.4, -0.2) is 11.0 Å². The van der Waals surface area contributed by atoms with Crippen LogP contribution in [0.1, 0.15) is 36.7 Å². The molecule has 160 valence electrons. The van der Waals surface area contributed by atoms with Gasteiger partial charge in [0.05, 0.1) is 0 Å². The van der Waals surface area contributed by atoms with Crippen LogP contribution < -0.4 is 10.6 Å². The Hall–Kier alpha value is -2.89. The Labute approximate surface area is 193 Å². The first-order chi connectivity index (χ1) is 14.9. The van der Waals surface area contributed by atoms with E-state index in [9.17, 15) is 4.79 Å². The van der Waals surface area contributed by atoms with Crippen molar-refractivity contribution in [2.24, 2.45) is 0 Å². The summed E-state index contributed by atoms with van der Waals surface area (Å²) in [5.74, 6) is 0.901. The molecule has 0 spiro atoms. The molecule has 0 aliphatic carbocycles. The van der Waals surface area contributed by atoms with Gasteiger partial charge >= 0.3 is 0 Å². The highest BCUT2D eigenvalue weighted by atomic mass is 35.5. The Bertz CT molecular complexity index is 1090. The monoisotopic (exact) mass is 452 g/mol. The minimum atomic E-state index is -0.339. The summed E-state index contributed by atoms with van der Waals surface area (Å²) in [6.45, 7) is 4.12. The highest BCUT2D eigenvalue weighted by Gasteiger charge is 2.06. The van der Waals surface area contributed by atoms with Crippen molar-refractivity contribution in [3.63, 3.8) is 0 Å². The molecule has 0 saturated carbocycles. The van der Waals surface area contributed by atoms with E-state index in [1.807, 2.05) is 43.3 Å². The lowest BCUT2D eigenvalue weighted by Gasteiger charge is -2.09. The molecule has 1 aromatic heterocycles. The third-order valence-electron chi connectivity index (χ3n) is 4.75. The first-order valence-corrected chi connectivity index (χ1v) is 11.0. The number of hydrogen-bond donors (Lipinski definition) is 2. The average Bonchev–Trinajstić information content (AvgIpc) is 3.23. The van der Waals surface area contributed by atoms with Gasteiger partial charge in [0.1, 0.15) is 11.5 Å². The van der Waals surface area contributed by atoms with E-state index in [4.69, 9.17) is 28.2 Å². The molecule has 0 atom stereocenters. The van der Waals surface area contributed by atoms with Gasteiger partial charge in [-0.05, 0) is 79.5 Å². The maximum Gasteiger partial charge on any atom is 0.250 e. The number of nitrogens with one attached hydrogen (secondary N) is 2. The van der Waals surface area contributed by atoms with E-state index in [2.05, 4.69) is 29.7 Å². The van der Waals surface area contributed by atoms with Gasteiger partial charge in [-0.1, -0.05) is 49.2 Å². The van der Waals surface area contributed by atoms with Crippen LogP contribution in [0.5, 0.6) is 0 Å². The lowest BCUT2D eigenvalue weighted by Crippen LogP contribution is -2.32. The Kier molecular flexibility index (Phi) is 8.04. The Morgan fingerprint density at radius 3 is 2.61 bits per heavy atom. The fourth-order valence-electron chi connectivity index (χ4n) is 2.95. The predicted molar refractivity (Wildman–Crippen MR) is 132 cm³/mol. The van der Waals surface area contributed by atoms with Crippen molar-refractivity contribution in [3.8, 4) is 11.3 Å². The van der Waals surface area contributed by atoms with Gasteiger partial charge in [-0.3, -0.25) is 10.1 Å². The first-order valence-electron chi connectivity index (χ1n) is 10.2. The first kappa shape index (κ1) is 22.8. The summed E-state index contributed by atoms with van der Waals surface area (Å²) < 4.78 is 5.78. The summed E-state index contributed by atoms with van der Waals surface area (Å²) in [6.07, 6.45) is 6.38. The fraction of sp³-hybridized carbons (Fsp3) is 0.200. The van der Waals surface area contributed by atoms with Crippen LogP contribution in [0.15, 0.2) is 65.1 Å². The maximum atomic E-state index is 12.2. The van der Waals surface area contributed by atoms with Gasteiger partial charge in [-0.2, -0.15) is 0 Å². The highest BCUT2D eigenvalue weighted by molar-refractivity contribution is 7.80. The molecule has 0 unspecified atom stereocenters. The van der Waals surface area contributed by atoms with Gasteiger partial charge < -0.3 is 9.73 Å². The van der Waals surface area contributed by atoms with Crippen molar-refractivity contribution >= 4 is 46.6 Å². The Balaban J connectivity index is 1.52. The molecule has 4 nitrogen and oxygen atoms in total. The van der Waals surface area contributed by atoms with Crippen LogP contribution in [0.25, 0.3) is 17.4 Å². The molecule has 0 saturated heterocycles. The molecular weight excluding hydrogens is 428 g/mol. The van der Waals surface area contributed by atoms with Crippen LogP contribution in [0.2, 0.25) is 5.02 Å². The number of aryl methyl sites for hydroxylation is 2. The van der Waals surface area contributed by atoms with Gasteiger partial charge in [0, 0.05) is 22.3 Å². The molecular formula is C25H25ClN2O2S. The van der Waals surface area contributed by atoms with Crippen molar-refractivity contribution in [1.29, 1.82) is 0 Å². The fourth-order valence-corrected chi connectivity index (χ4v) is 3.35. The molecule has 2 N–H and O–H groups in total. The normalized spacial score (nSPS) is 10.9. The van der Waals surface area contributed by atoms with Gasteiger partial charge in [-0.15, -0.1) is 0 Å². The van der Waals surface area contributed by atoms with Crippen molar-refractivity contribution in [1.82, 2.24) is 5.32 Å². The number of thiocarbonyl (C=S) groups is 1. The van der Waals surface area contributed by atoms with Crippen LogP contribution in [0.4, 0.5) is 5.69 Å². The standard InChI is InChI=1S/C25H25ClN2O2S/c1-3-4-5-18-7-10-20(11-8-18)27-25(31)28-24(29)15-13-21-12-14-23(30-21)19-9-6-17(2)22(26)16-19/h6-16H,3-5H2,1-2H3,(H2,27,28,29,31)/b15-13+. The quantitative estimate of drug-likeness (QED) is 0.306. The Morgan fingerprint density at radius 1 is 1.13 bits per heavy atom. The summed E-state index contributed by atoms with van der Waals surface area (Å²) in [4.78, 5) is 12.2. The van der Waals surface area contributed by atoms with Crippen LogP contribution >= 0.6 is 23.8 Å². The zero-order chi connectivity index (χ0) is 22.2. The van der Waals surface area contributed by atoms with Gasteiger partial charge in [0.2, 0.25) is 5.91 Å². The molecule has 3 aromatic rings. The summed E-state index contributed by atoms with van der Waals surface area (Å²) in [6, 6.07) is 17.4. The van der Waals surface area contributed by atoms with Crippen LogP contribution in [0.3, 0.4) is 0 Å². The van der Waals surface area contributed by atoms with E-state index in [-0.39, 0.29) is 11.0 Å². The maximum absolute atomic E-state index is 12.2. The largest absolute Gasteiger partial charge is 0.457 e. The molecule has 1 amide bonds. The van der Waals surface area contributed by atoms with Crippen molar-refractivity contribution in [2.75, 3.05) is 5.32 Å². The summed E-state index contributed by atoms with van der Waals surface area (Å²) >= 11 is 11.4. The number of carbonyl (C=O) groups is 1. The van der Waals surface area contributed by atoms with Gasteiger partial charge in [-0.25, -0.2) is 0 Å². The SMILES string of the molecule is CCCCc1ccc(NC(=S)NC(=O)/C=C/c2ccc(-c3ccc(C)c(Cl)c3)o2)cc1. The number of amides is 1. The number of unbranched alkanes of at least 4 members (excludes halogenated alkanes) is 1. The van der Waals surface area contributed by atoms with Crippen molar-refractivity contribution in [3.05, 3.63) is 82.6 Å². The van der Waals surface area contributed by atoms with Crippen LogP contribution in [0, 0.1) is 6.92 Å². The van der Waals surface area contributed by atoms with Gasteiger partial charge in [0.15, 0.2) is 5.11 Å².